The van der Waals surface area contributed by atoms with E-state index in [-0.39, 0.29) is 5.41 Å². The van der Waals surface area contributed by atoms with Gasteiger partial charge < -0.3 is 10.0 Å². The quantitative estimate of drug-likeness (QED) is 0.886. The summed E-state index contributed by atoms with van der Waals surface area (Å²) in [7, 11) is 0. The van der Waals surface area contributed by atoms with Gasteiger partial charge in [-0.05, 0) is 43.3 Å². The van der Waals surface area contributed by atoms with E-state index in [4.69, 9.17) is 5.11 Å². The zero-order chi connectivity index (χ0) is 13.7. The largest absolute Gasteiger partial charge is 0.481 e. The molecule has 0 radical (unpaired) electrons. The second-order valence-corrected chi connectivity index (χ2v) is 5.96. The Kier molecular flexibility index (Phi) is 4.59. The molecule has 1 aromatic rings. The van der Waals surface area contributed by atoms with Crippen molar-refractivity contribution in [3.63, 3.8) is 0 Å². The minimum Gasteiger partial charge on any atom is -0.481 e. The molecule has 3 heteroatoms. The van der Waals surface area contributed by atoms with Gasteiger partial charge in [0.1, 0.15) is 0 Å². The number of hydrogen-bond donors (Lipinski definition) is 1. The lowest BCUT2D eigenvalue weighted by Gasteiger charge is -2.38. The maximum atomic E-state index is 10.9. The van der Waals surface area contributed by atoms with Gasteiger partial charge in [-0.1, -0.05) is 37.3 Å². The Balaban J connectivity index is 1.76. The first-order valence-corrected chi connectivity index (χ1v) is 7.05. The SMILES string of the molecule is CC1(CC(=O)O)CCN(CCc2ccccc2)CC1. The zero-order valence-corrected chi connectivity index (χ0v) is 11.6. The zero-order valence-electron chi connectivity index (χ0n) is 11.6. The van der Waals surface area contributed by atoms with E-state index in [0.29, 0.717) is 6.42 Å². The minimum absolute atomic E-state index is 0.00488. The van der Waals surface area contributed by atoms with Crippen molar-refractivity contribution in [1.82, 2.24) is 4.90 Å². The molecule has 0 unspecified atom stereocenters. The van der Waals surface area contributed by atoms with Crippen molar-refractivity contribution in [3.8, 4) is 0 Å². The van der Waals surface area contributed by atoms with Crippen LogP contribution in [0.15, 0.2) is 30.3 Å². The molecular weight excluding hydrogens is 238 g/mol. The molecule has 2 rings (SSSR count). The molecule has 0 bridgehead atoms. The Hall–Kier alpha value is -1.35. The van der Waals surface area contributed by atoms with Gasteiger partial charge in [-0.25, -0.2) is 0 Å². The summed E-state index contributed by atoms with van der Waals surface area (Å²) in [5.74, 6) is -0.666. The summed E-state index contributed by atoms with van der Waals surface area (Å²) in [5.41, 5.74) is 1.37. The summed E-state index contributed by atoms with van der Waals surface area (Å²) < 4.78 is 0. The van der Waals surface area contributed by atoms with Gasteiger partial charge in [0.2, 0.25) is 0 Å². The molecule has 0 spiro atoms. The van der Waals surface area contributed by atoms with Crippen LogP contribution < -0.4 is 0 Å². The number of nitrogens with zero attached hydrogens (tertiary/aromatic N) is 1. The van der Waals surface area contributed by atoms with Gasteiger partial charge in [0.25, 0.3) is 0 Å². The van der Waals surface area contributed by atoms with E-state index < -0.39 is 5.97 Å². The van der Waals surface area contributed by atoms with Crippen molar-refractivity contribution in [2.75, 3.05) is 19.6 Å². The van der Waals surface area contributed by atoms with Crippen LogP contribution in [0.5, 0.6) is 0 Å². The fourth-order valence-corrected chi connectivity index (χ4v) is 2.79. The molecule has 1 aliphatic rings. The van der Waals surface area contributed by atoms with Gasteiger partial charge in [0.05, 0.1) is 6.42 Å². The molecule has 3 nitrogen and oxygen atoms in total. The van der Waals surface area contributed by atoms with Crippen molar-refractivity contribution < 1.29 is 9.90 Å². The molecule has 19 heavy (non-hydrogen) atoms. The molecule has 104 valence electrons. The number of benzene rings is 1. The number of rotatable bonds is 5. The summed E-state index contributed by atoms with van der Waals surface area (Å²) in [4.78, 5) is 13.3. The van der Waals surface area contributed by atoms with Gasteiger partial charge in [0, 0.05) is 6.54 Å². The molecule has 1 aliphatic heterocycles. The summed E-state index contributed by atoms with van der Waals surface area (Å²) in [6, 6.07) is 10.5. The highest BCUT2D eigenvalue weighted by Gasteiger charge is 2.31. The Morgan fingerprint density at radius 2 is 1.89 bits per heavy atom. The van der Waals surface area contributed by atoms with E-state index in [9.17, 15) is 4.79 Å². The Morgan fingerprint density at radius 3 is 2.47 bits per heavy atom. The smallest absolute Gasteiger partial charge is 0.303 e. The standard InChI is InChI=1S/C16H23NO2/c1-16(13-15(18)19)8-11-17(12-9-16)10-7-14-5-3-2-4-6-14/h2-6H,7-13H2,1H3,(H,18,19). The molecule has 0 aromatic heterocycles. The Labute approximate surface area is 115 Å². The molecule has 1 heterocycles. The lowest BCUT2D eigenvalue weighted by Crippen LogP contribution is -2.40. The number of carboxylic acids is 1. The van der Waals surface area contributed by atoms with Gasteiger partial charge >= 0.3 is 5.97 Å². The van der Waals surface area contributed by atoms with Crippen molar-refractivity contribution in [2.45, 2.75) is 32.6 Å². The molecule has 0 saturated carbocycles. The fourth-order valence-electron chi connectivity index (χ4n) is 2.79. The lowest BCUT2D eigenvalue weighted by molar-refractivity contribution is -0.140. The highest BCUT2D eigenvalue weighted by molar-refractivity contribution is 5.67. The van der Waals surface area contributed by atoms with Crippen molar-refractivity contribution in [2.24, 2.45) is 5.41 Å². The summed E-state index contributed by atoms with van der Waals surface area (Å²) in [6.07, 6.45) is 3.37. The summed E-state index contributed by atoms with van der Waals surface area (Å²) >= 11 is 0. The van der Waals surface area contributed by atoms with Crippen LogP contribution in [0, 0.1) is 5.41 Å². The van der Waals surface area contributed by atoms with Gasteiger partial charge in [-0.3, -0.25) is 4.79 Å². The van der Waals surface area contributed by atoms with Crippen LogP contribution in [-0.2, 0) is 11.2 Å². The molecule has 0 aliphatic carbocycles. The first-order chi connectivity index (χ1) is 9.07. The predicted octanol–water partition coefficient (Wildman–Crippen LogP) is 2.81. The highest BCUT2D eigenvalue weighted by Crippen LogP contribution is 2.34. The van der Waals surface area contributed by atoms with Gasteiger partial charge in [-0.2, -0.15) is 0 Å². The molecular formula is C16H23NO2. The van der Waals surface area contributed by atoms with Crippen LogP contribution in [0.4, 0.5) is 0 Å². The van der Waals surface area contributed by atoms with Crippen LogP contribution >= 0.6 is 0 Å². The first-order valence-electron chi connectivity index (χ1n) is 7.05. The van der Waals surface area contributed by atoms with Crippen LogP contribution in [-0.4, -0.2) is 35.6 Å². The number of piperidine rings is 1. The molecule has 1 fully saturated rings. The van der Waals surface area contributed by atoms with E-state index in [1.807, 2.05) is 6.07 Å². The third-order valence-electron chi connectivity index (χ3n) is 4.20. The molecule has 0 atom stereocenters. The molecule has 0 amide bonds. The molecule has 1 saturated heterocycles. The van der Waals surface area contributed by atoms with E-state index in [0.717, 1.165) is 38.9 Å². The fraction of sp³-hybridized carbons (Fsp3) is 0.562. The maximum Gasteiger partial charge on any atom is 0.303 e. The topological polar surface area (TPSA) is 40.5 Å². The average Bonchev–Trinajstić information content (AvgIpc) is 2.38. The normalized spacial score (nSPS) is 19.2. The number of likely N-dealkylation sites (tertiary alicyclic amines) is 1. The predicted molar refractivity (Wildman–Crippen MR) is 76.2 cm³/mol. The van der Waals surface area contributed by atoms with Crippen LogP contribution in [0.1, 0.15) is 31.7 Å². The second kappa shape index (κ2) is 6.20. The first kappa shape index (κ1) is 14.1. The minimum atomic E-state index is -0.666. The average molecular weight is 261 g/mol. The highest BCUT2D eigenvalue weighted by atomic mass is 16.4. The van der Waals surface area contributed by atoms with Crippen molar-refractivity contribution >= 4 is 5.97 Å². The van der Waals surface area contributed by atoms with Crippen molar-refractivity contribution in [1.29, 1.82) is 0 Å². The number of hydrogen-bond acceptors (Lipinski definition) is 2. The van der Waals surface area contributed by atoms with Crippen LogP contribution in [0.2, 0.25) is 0 Å². The summed E-state index contributed by atoms with van der Waals surface area (Å²) in [5, 5.41) is 8.94. The monoisotopic (exact) mass is 261 g/mol. The molecule has 1 N–H and O–H groups in total. The number of carbonyl (C=O) groups is 1. The third kappa shape index (κ3) is 4.35. The Morgan fingerprint density at radius 1 is 1.26 bits per heavy atom. The lowest BCUT2D eigenvalue weighted by atomic mass is 9.77. The van der Waals surface area contributed by atoms with E-state index in [1.54, 1.807) is 0 Å². The van der Waals surface area contributed by atoms with Crippen LogP contribution in [0.25, 0.3) is 0 Å². The Bertz CT molecular complexity index is 408. The summed E-state index contributed by atoms with van der Waals surface area (Å²) in [6.45, 7) is 5.23. The van der Waals surface area contributed by atoms with Crippen LogP contribution in [0.3, 0.4) is 0 Å². The number of aliphatic carboxylic acids is 1. The third-order valence-corrected chi connectivity index (χ3v) is 4.20. The molecule has 1 aromatic carbocycles. The second-order valence-electron chi connectivity index (χ2n) is 5.96. The van der Waals surface area contributed by atoms with E-state index in [2.05, 4.69) is 36.1 Å². The van der Waals surface area contributed by atoms with E-state index >= 15 is 0 Å². The maximum absolute atomic E-state index is 10.9. The van der Waals surface area contributed by atoms with Crippen molar-refractivity contribution in [3.05, 3.63) is 35.9 Å². The van der Waals surface area contributed by atoms with E-state index in [1.165, 1.54) is 5.56 Å². The van der Waals surface area contributed by atoms with Gasteiger partial charge in [0.15, 0.2) is 0 Å². The van der Waals surface area contributed by atoms with Gasteiger partial charge in [-0.15, -0.1) is 0 Å². The number of carboxylic acid groups (broad SMARTS) is 1.